The van der Waals surface area contributed by atoms with Crippen molar-refractivity contribution in [2.45, 2.75) is 52.4 Å². The van der Waals surface area contributed by atoms with E-state index in [4.69, 9.17) is 0 Å². The first-order chi connectivity index (χ1) is 12.2. The highest BCUT2D eigenvalue weighted by atomic mass is 28.3. The average Bonchev–Trinajstić information content (AvgIpc) is 3.01. The second kappa shape index (κ2) is 5.83. The van der Waals surface area contributed by atoms with Crippen molar-refractivity contribution in [2.75, 3.05) is 0 Å². The van der Waals surface area contributed by atoms with Crippen LogP contribution in [0.25, 0.3) is 22.0 Å². The maximum Gasteiger partial charge on any atom is 0.131 e. The molecule has 1 unspecified atom stereocenters. The smallest absolute Gasteiger partial charge is 0.131 e. The number of aromatic nitrogens is 1. The van der Waals surface area contributed by atoms with E-state index in [-0.39, 0.29) is 5.54 Å². The predicted molar refractivity (Wildman–Crippen MR) is 114 cm³/mol. The van der Waals surface area contributed by atoms with Crippen LogP contribution in [0.2, 0.25) is 13.1 Å². The van der Waals surface area contributed by atoms with Gasteiger partial charge in [0.1, 0.15) is 8.96 Å². The Morgan fingerprint density at radius 3 is 2.38 bits per heavy atom. The summed E-state index contributed by atoms with van der Waals surface area (Å²) in [4.78, 5) is 0. The van der Waals surface area contributed by atoms with Gasteiger partial charge in [-0.15, -0.1) is 0 Å². The first kappa shape index (κ1) is 17.6. The standard InChI is InChI=1S/C23H29N2Si/c1-15-12-13-19-18(14-15)20-16-10-8-9-11-17(16)21(22(20)24(19)5)25(26(6)7)23(2,3)4/h8-14,21H,1-7H3. The van der Waals surface area contributed by atoms with Crippen LogP contribution in [0.1, 0.15) is 43.6 Å². The molecule has 0 spiro atoms. The zero-order chi connectivity index (χ0) is 18.8. The topological polar surface area (TPSA) is 8.17 Å². The maximum absolute atomic E-state index is 2.77. The molecular weight excluding hydrogens is 332 g/mol. The van der Waals surface area contributed by atoms with Gasteiger partial charge >= 0.3 is 0 Å². The number of benzene rings is 2. The van der Waals surface area contributed by atoms with E-state index in [0.717, 1.165) is 0 Å². The fourth-order valence-electron chi connectivity index (χ4n) is 4.87. The van der Waals surface area contributed by atoms with E-state index in [0.29, 0.717) is 6.04 Å². The van der Waals surface area contributed by atoms with E-state index in [9.17, 15) is 0 Å². The molecule has 1 radical (unpaired) electrons. The number of fused-ring (bicyclic) bond motifs is 5. The molecule has 0 fully saturated rings. The van der Waals surface area contributed by atoms with Gasteiger partial charge in [0.05, 0.1) is 6.04 Å². The van der Waals surface area contributed by atoms with E-state index in [1.807, 2.05) is 0 Å². The van der Waals surface area contributed by atoms with Gasteiger partial charge in [-0.25, -0.2) is 0 Å². The van der Waals surface area contributed by atoms with Crippen LogP contribution in [0, 0.1) is 6.92 Å². The lowest BCUT2D eigenvalue weighted by atomic mass is 10.0. The average molecular weight is 362 g/mol. The Kier molecular flexibility index (Phi) is 3.94. The Bertz CT molecular complexity index is 991. The van der Waals surface area contributed by atoms with Crippen molar-refractivity contribution in [3.8, 4) is 11.1 Å². The fourth-order valence-corrected chi connectivity index (χ4v) is 6.99. The molecule has 3 aromatic rings. The highest BCUT2D eigenvalue weighted by molar-refractivity contribution is 6.53. The van der Waals surface area contributed by atoms with E-state index < -0.39 is 8.96 Å². The molecule has 3 heteroatoms. The number of nitrogens with zero attached hydrogens (tertiary/aromatic N) is 2. The van der Waals surface area contributed by atoms with Gasteiger partial charge in [-0.3, -0.25) is 0 Å². The van der Waals surface area contributed by atoms with Crippen LogP contribution in [0.5, 0.6) is 0 Å². The van der Waals surface area contributed by atoms with Gasteiger partial charge in [-0.2, -0.15) is 0 Å². The summed E-state index contributed by atoms with van der Waals surface area (Å²) in [5, 5.41) is 1.40. The lowest BCUT2D eigenvalue weighted by molar-refractivity contribution is 0.207. The highest BCUT2D eigenvalue weighted by Gasteiger charge is 2.42. The normalized spacial score (nSPS) is 16.6. The number of hydrogen-bond donors (Lipinski definition) is 0. The molecule has 2 nitrogen and oxygen atoms in total. The minimum absolute atomic E-state index is 0.129. The highest BCUT2D eigenvalue weighted by Crippen LogP contribution is 2.52. The molecule has 1 atom stereocenters. The van der Waals surface area contributed by atoms with Gasteiger partial charge in [-0.1, -0.05) is 49.0 Å². The molecule has 0 N–H and O–H groups in total. The molecule has 4 rings (SSSR count). The van der Waals surface area contributed by atoms with Gasteiger partial charge < -0.3 is 9.13 Å². The summed E-state index contributed by atoms with van der Waals surface area (Å²) in [7, 11) is 1.61. The third-order valence-electron chi connectivity index (χ3n) is 5.65. The largest absolute Gasteiger partial charge is 0.345 e. The SMILES string of the molecule is Cc1ccc2c(c1)c1c(n2C)C(N([Si](C)C)C(C)(C)C)c2ccccc2-1. The summed E-state index contributed by atoms with van der Waals surface area (Å²) >= 11 is 0. The third kappa shape index (κ3) is 2.41. The molecule has 0 saturated carbocycles. The zero-order valence-corrected chi connectivity index (χ0v) is 18.0. The fraction of sp³-hybridized carbons (Fsp3) is 0.391. The summed E-state index contributed by atoms with van der Waals surface area (Å²) in [5.74, 6) is 0. The molecule has 26 heavy (non-hydrogen) atoms. The van der Waals surface area contributed by atoms with Crippen LogP contribution in [0.3, 0.4) is 0 Å². The molecule has 1 heterocycles. The van der Waals surface area contributed by atoms with Gasteiger partial charge in [0.15, 0.2) is 0 Å². The van der Waals surface area contributed by atoms with Crippen molar-refractivity contribution in [1.29, 1.82) is 0 Å². The van der Waals surface area contributed by atoms with E-state index in [2.05, 4.69) is 99.4 Å². The Hall–Kier alpha value is -1.84. The molecule has 0 saturated heterocycles. The molecular formula is C23H29N2Si. The Morgan fingerprint density at radius 2 is 1.73 bits per heavy atom. The van der Waals surface area contributed by atoms with Gasteiger partial charge in [0, 0.05) is 34.7 Å². The summed E-state index contributed by atoms with van der Waals surface area (Å²) in [6.07, 6.45) is 0. The Labute approximate surface area is 159 Å². The second-order valence-electron chi connectivity index (χ2n) is 8.82. The quantitative estimate of drug-likeness (QED) is 0.515. The summed E-state index contributed by atoms with van der Waals surface area (Å²) in [5.41, 5.74) is 8.60. The van der Waals surface area contributed by atoms with Crippen molar-refractivity contribution in [2.24, 2.45) is 7.05 Å². The lowest BCUT2D eigenvalue weighted by Crippen LogP contribution is -2.50. The Morgan fingerprint density at radius 1 is 1.04 bits per heavy atom. The van der Waals surface area contributed by atoms with Gasteiger partial charge in [0.2, 0.25) is 0 Å². The molecule has 0 aliphatic heterocycles. The predicted octanol–water partition coefficient (Wildman–Crippen LogP) is 5.91. The van der Waals surface area contributed by atoms with Crippen LogP contribution < -0.4 is 0 Å². The van der Waals surface area contributed by atoms with Crippen LogP contribution in [0.4, 0.5) is 0 Å². The van der Waals surface area contributed by atoms with E-state index >= 15 is 0 Å². The first-order valence-electron chi connectivity index (χ1n) is 9.49. The number of hydrogen-bond acceptors (Lipinski definition) is 1. The molecule has 1 aliphatic rings. The maximum atomic E-state index is 2.77. The van der Waals surface area contributed by atoms with Crippen molar-refractivity contribution >= 4 is 19.9 Å². The van der Waals surface area contributed by atoms with Crippen molar-refractivity contribution < 1.29 is 0 Å². The van der Waals surface area contributed by atoms with E-state index in [1.165, 1.54) is 38.9 Å². The summed E-state index contributed by atoms with van der Waals surface area (Å²) in [6.45, 7) is 14.1. The number of rotatable bonds is 2. The van der Waals surface area contributed by atoms with Gasteiger partial charge in [0.25, 0.3) is 0 Å². The van der Waals surface area contributed by atoms with Crippen molar-refractivity contribution in [1.82, 2.24) is 9.13 Å². The van der Waals surface area contributed by atoms with Crippen LogP contribution >= 0.6 is 0 Å². The van der Waals surface area contributed by atoms with Crippen LogP contribution in [-0.2, 0) is 7.05 Å². The van der Waals surface area contributed by atoms with Crippen LogP contribution in [0.15, 0.2) is 42.5 Å². The molecule has 0 bridgehead atoms. The Balaban J connectivity index is 2.10. The molecule has 0 amide bonds. The number of aryl methyl sites for hydroxylation is 2. The molecule has 1 aliphatic carbocycles. The minimum atomic E-state index is -0.638. The molecule has 1 aromatic heterocycles. The molecule has 2 aromatic carbocycles. The summed E-state index contributed by atoms with van der Waals surface area (Å²) in [6, 6.07) is 16.2. The summed E-state index contributed by atoms with van der Waals surface area (Å²) < 4.78 is 5.21. The van der Waals surface area contributed by atoms with Crippen molar-refractivity contribution in [3.05, 3.63) is 59.3 Å². The molecule has 135 valence electrons. The lowest BCUT2D eigenvalue weighted by Gasteiger charge is -2.43. The first-order valence-corrected chi connectivity index (χ1v) is 11.9. The monoisotopic (exact) mass is 361 g/mol. The van der Waals surface area contributed by atoms with Gasteiger partial charge in [-0.05, 0) is 51.0 Å². The second-order valence-corrected chi connectivity index (χ2v) is 11.2. The minimum Gasteiger partial charge on any atom is -0.345 e. The van der Waals surface area contributed by atoms with Crippen LogP contribution in [-0.4, -0.2) is 23.6 Å². The van der Waals surface area contributed by atoms with E-state index in [1.54, 1.807) is 0 Å². The zero-order valence-electron chi connectivity index (χ0n) is 17.0. The van der Waals surface area contributed by atoms with Crippen molar-refractivity contribution in [3.63, 3.8) is 0 Å². The third-order valence-corrected chi connectivity index (χ3v) is 7.54.